The molecule has 0 aromatic heterocycles. The van der Waals surface area contributed by atoms with E-state index in [-0.39, 0.29) is 6.10 Å². The normalized spacial score (nSPS) is 19.9. The Morgan fingerprint density at radius 3 is 2.53 bits per heavy atom. The van der Waals surface area contributed by atoms with Crippen LogP contribution in [0.25, 0.3) is 0 Å². The second-order valence-electron chi connectivity index (χ2n) is 3.36. The summed E-state index contributed by atoms with van der Waals surface area (Å²) in [6, 6.07) is 3.27. The van der Waals surface area contributed by atoms with Crippen LogP contribution in [0.2, 0.25) is 0 Å². The van der Waals surface area contributed by atoms with E-state index in [0.717, 1.165) is 6.07 Å². The van der Waals surface area contributed by atoms with Gasteiger partial charge in [-0.1, -0.05) is 5.16 Å². The van der Waals surface area contributed by atoms with Crippen molar-refractivity contribution in [3.8, 4) is 0 Å². The molecule has 0 radical (unpaired) electrons. The van der Waals surface area contributed by atoms with Gasteiger partial charge < -0.3 is 10.6 Å². The van der Waals surface area contributed by atoms with Crippen LogP contribution >= 0.6 is 0 Å². The second-order valence-corrected chi connectivity index (χ2v) is 3.36. The lowest BCUT2D eigenvalue weighted by atomic mass is 10.0. The predicted octanol–water partition coefficient (Wildman–Crippen LogP) is 1.42. The molecule has 0 fully saturated rings. The summed E-state index contributed by atoms with van der Waals surface area (Å²) in [6.07, 6.45) is 0.297. The van der Waals surface area contributed by atoms with Gasteiger partial charge in [-0.3, -0.25) is 0 Å². The van der Waals surface area contributed by atoms with Gasteiger partial charge >= 0.3 is 0 Å². The van der Waals surface area contributed by atoms with Crippen molar-refractivity contribution < 1.29 is 13.6 Å². The molecule has 0 bridgehead atoms. The summed E-state index contributed by atoms with van der Waals surface area (Å²) in [5.74, 6) is -1.24. The topological polar surface area (TPSA) is 47.6 Å². The third-order valence-corrected chi connectivity index (χ3v) is 2.19. The number of halogens is 2. The van der Waals surface area contributed by atoms with Crippen molar-refractivity contribution in [2.45, 2.75) is 12.5 Å². The Balaban J connectivity index is 2.24. The molecule has 1 atom stereocenters. The molecule has 15 heavy (non-hydrogen) atoms. The molecule has 2 rings (SSSR count). The molecule has 1 aromatic carbocycles. The Labute approximate surface area is 85.5 Å². The van der Waals surface area contributed by atoms with Gasteiger partial charge in [0.1, 0.15) is 17.7 Å². The van der Waals surface area contributed by atoms with Crippen LogP contribution in [0.1, 0.15) is 12.0 Å². The van der Waals surface area contributed by atoms with E-state index >= 15 is 0 Å². The van der Waals surface area contributed by atoms with E-state index in [2.05, 4.69) is 5.16 Å². The summed E-state index contributed by atoms with van der Waals surface area (Å²) in [6.45, 7) is 0.338. The minimum Gasteiger partial charge on any atom is -0.390 e. The first-order valence-corrected chi connectivity index (χ1v) is 4.58. The molecule has 80 valence electrons. The molecule has 1 aliphatic rings. The van der Waals surface area contributed by atoms with E-state index in [4.69, 9.17) is 10.6 Å². The number of hydrogen-bond donors (Lipinski definition) is 1. The van der Waals surface area contributed by atoms with Gasteiger partial charge in [0.25, 0.3) is 0 Å². The lowest BCUT2D eigenvalue weighted by Crippen LogP contribution is -2.20. The molecule has 5 heteroatoms. The van der Waals surface area contributed by atoms with Crippen LogP contribution in [0.5, 0.6) is 0 Å². The van der Waals surface area contributed by atoms with E-state index in [1.165, 1.54) is 12.1 Å². The molecule has 0 spiro atoms. The van der Waals surface area contributed by atoms with Gasteiger partial charge in [-0.15, -0.1) is 0 Å². The van der Waals surface area contributed by atoms with E-state index in [1.807, 2.05) is 0 Å². The van der Waals surface area contributed by atoms with Crippen molar-refractivity contribution in [2.75, 3.05) is 6.54 Å². The quantitative estimate of drug-likeness (QED) is 0.805. The number of benzene rings is 1. The average Bonchev–Trinajstić information content (AvgIpc) is 2.64. The summed E-state index contributed by atoms with van der Waals surface area (Å²) in [7, 11) is 0. The maximum Gasteiger partial charge on any atom is 0.145 e. The van der Waals surface area contributed by atoms with Crippen molar-refractivity contribution >= 4 is 5.71 Å². The highest BCUT2D eigenvalue weighted by atomic mass is 19.1. The number of nitrogens with two attached hydrogens (primary N) is 1. The summed E-state index contributed by atoms with van der Waals surface area (Å²) >= 11 is 0. The van der Waals surface area contributed by atoms with Gasteiger partial charge in [-0.2, -0.15) is 0 Å². The molecule has 0 saturated carbocycles. The van der Waals surface area contributed by atoms with Gasteiger partial charge in [0, 0.05) is 24.6 Å². The highest BCUT2D eigenvalue weighted by Crippen LogP contribution is 2.17. The van der Waals surface area contributed by atoms with Crippen LogP contribution in [-0.4, -0.2) is 18.4 Å². The largest absolute Gasteiger partial charge is 0.390 e. The molecule has 0 aliphatic carbocycles. The van der Waals surface area contributed by atoms with Crippen LogP contribution in [0.3, 0.4) is 0 Å². The molecule has 3 nitrogen and oxygen atoms in total. The van der Waals surface area contributed by atoms with E-state index in [0.29, 0.717) is 24.2 Å². The Morgan fingerprint density at radius 1 is 1.33 bits per heavy atom. The van der Waals surface area contributed by atoms with Crippen LogP contribution in [0.15, 0.2) is 23.4 Å². The molecule has 0 amide bonds. The molecule has 0 saturated heterocycles. The third-order valence-electron chi connectivity index (χ3n) is 2.19. The Hall–Kier alpha value is -1.49. The number of oxime groups is 1. The zero-order chi connectivity index (χ0) is 10.8. The summed E-state index contributed by atoms with van der Waals surface area (Å²) in [5.41, 5.74) is 6.32. The van der Waals surface area contributed by atoms with E-state index in [1.54, 1.807) is 0 Å². The smallest absolute Gasteiger partial charge is 0.145 e. The fourth-order valence-corrected chi connectivity index (χ4v) is 1.45. The van der Waals surface area contributed by atoms with Gasteiger partial charge in [0.2, 0.25) is 0 Å². The average molecular weight is 212 g/mol. The first-order chi connectivity index (χ1) is 7.19. The molecule has 1 aliphatic heterocycles. The first kappa shape index (κ1) is 10.0. The number of hydrogen-bond acceptors (Lipinski definition) is 3. The van der Waals surface area contributed by atoms with Crippen LogP contribution in [0, 0.1) is 11.6 Å². The lowest BCUT2D eigenvalue weighted by Gasteiger charge is -2.02. The minimum absolute atomic E-state index is 0.189. The van der Waals surface area contributed by atoms with Crippen molar-refractivity contribution in [1.29, 1.82) is 0 Å². The number of rotatable bonds is 2. The SMILES string of the molecule is NCC1CC(c2cc(F)cc(F)c2)=NO1. The van der Waals surface area contributed by atoms with Gasteiger partial charge in [0.15, 0.2) is 0 Å². The van der Waals surface area contributed by atoms with Crippen molar-refractivity contribution in [3.05, 3.63) is 35.4 Å². The van der Waals surface area contributed by atoms with E-state index < -0.39 is 11.6 Å². The lowest BCUT2D eigenvalue weighted by molar-refractivity contribution is 0.0918. The summed E-state index contributed by atoms with van der Waals surface area (Å²) < 4.78 is 25.8. The fraction of sp³-hybridized carbons (Fsp3) is 0.300. The summed E-state index contributed by atoms with van der Waals surface area (Å²) in [5, 5.41) is 3.74. The predicted molar refractivity (Wildman–Crippen MR) is 51.4 cm³/mol. The fourth-order valence-electron chi connectivity index (χ4n) is 1.45. The Bertz CT molecular complexity index is 386. The summed E-state index contributed by atoms with van der Waals surface area (Å²) in [4.78, 5) is 4.97. The monoisotopic (exact) mass is 212 g/mol. The van der Waals surface area contributed by atoms with Crippen LogP contribution in [-0.2, 0) is 4.84 Å². The zero-order valence-electron chi connectivity index (χ0n) is 7.91. The van der Waals surface area contributed by atoms with Crippen LogP contribution in [0.4, 0.5) is 8.78 Å². The molecular weight excluding hydrogens is 202 g/mol. The van der Waals surface area contributed by atoms with Crippen LogP contribution < -0.4 is 5.73 Å². The minimum atomic E-state index is -0.621. The zero-order valence-corrected chi connectivity index (χ0v) is 7.91. The molecule has 1 heterocycles. The molecule has 1 aromatic rings. The number of nitrogens with zero attached hydrogens (tertiary/aromatic N) is 1. The maximum atomic E-state index is 12.9. The van der Waals surface area contributed by atoms with Crippen molar-refractivity contribution in [3.63, 3.8) is 0 Å². The Kier molecular flexibility index (Phi) is 2.64. The highest BCUT2D eigenvalue weighted by Gasteiger charge is 2.21. The molecule has 1 unspecified atom stereocenters. The second kappa shape index (κ2) is 3.94. The Morgan fingerprint density at radius 2 is 2.00 bits per heavy atom. The molecular formula is C10H10F2N2O. The maximum absolute atomic E-state index is 12.9. The highest BCUT2D eigenvalue weighted by molar-refractivity contribution is 6.01. The van der Waals surface area contributed by atoms with Crippen molar-refractivity contribution in [1.82, 2.24) is 0 Å². The van der Waals surface area contributed by atoms with Gasteiger partial charge in [-0.25, -0.2) is 8.78 Å². The molecule has 2 N–H and O–H groups in total. The first-order valence-electron chi connectivity index (χ1n) is 4.58. The van der Waals surface area contributed by atoms with Crippen molar-refractivity contribution in [2.24, 2.45) is 10.9 Å². The van der Waals surface area contributed by atoms with Gasteiger partial charge in [0.05, 0.1) is 5.71 Å². The third kappa shape index (κ3) is 2.12. The standard InChI is InChI=1S/C10H10F2N2O/c11-7-1-6(2-8(12)3-7)10-4-9(5-13)15-14-10/h1-3,9H,4-5,13H2. The van der Waals surface area contributed by atoms with Gasteiger partial charge in [-0.05, 0) is 12.1 Å². The van der Waals surface area contributed by atoms with E-state index in [9.17, 15) is 8.78 Å².